The Labute approximate surface area is 180 Å². The van der Waals surface area contributed by atoms with E-state index in [0.717, 1.165) is 0 Å². The topological polar surface area (TPSA) is 189 Å². The highest BCUT2D eigenvalue weighted by molar-refractivity contribution is 5.68. The number of hydrogen-bond acceptors (Lipinski definition) is 11. The monoisotopic (exact) mass is 454 g/mol. The van der Waals surface area contributed by atoms with E-state index in [1.54, 1.807) is 0 Å². The zero-order chi connectivity index (χ0) is 23.6. The molecule has 4 unspecified atom stereocenters. The van der Waals surface area contributed by atoms with E-state index in [-0.39, 0.29) is 36.9 Å². The normalized spacial score (nSPS) is 22.6. The summed E-state index contributed by atoms with van der Waals surface area (Å²) in [5, 5.41) is 9.38. The maximum absolute atomic E-state index is 12.5. The van der Waals surface area contributed by atoms with E-state index >= 15 is 0 Å². The van der Waals surface area contributed by atoms with Crippen LogP contribution in [0.5, 0.6) is 0 Å². The summed E-state index contributed by atoms with van der Waals surface area (Å²) in [5.74, 6) is -2.11. The lowest BCUT2D eigenvalue weighted by Crippen LogP contribution is -2.48. The second-order valence-electron chi connectivity index (χ2n) is 7.08. The SMILES string of the molecule is CC(=O)OCC1OC([n+]2cn(CCO)c3c(=O)[nH]c(N)nc32)C(OC(C)=O)C1OC(C)=O. The van der Waals surface area contributed by atoms with Gasteiger partial charge in [-0.1, -0.05) is 4.98 Å². The Morgan fingerprint density at radius 3 is 2.47 bits per heavy atom. The molecule has 32 heavy (non-hydrogen) atoms. The molecule has 1 aliphatic rings. The zero-order valence-corrected chi connectivity index (χ0v) is 17.6. The molecular weight excluding hydrogens is 430 g/mol. The van der Waals surface area contributed by atoms with Crippen molar-refractivity contribution in [2.45, 2.75) is 51.9 Å². The first-order chi connectivity index (χ1) is 15.1. The predicted octanol–water partition coefficient (Wildman–Crippen LogP) is -2.09. The van der Waals surface area contributed by atoms with E-state index in [1.807, 2.05) is 0 Å². The third-order valence-corrected chi connectivity index (χ3v) is 4.65. The van der Waals surface area contributed by atoms with Crippen LogP contribution in [0.15, 0.2) is 11.1 Å². The summed E-state index contributed by atoms with van der Waals surface area (Å²) < 4.78 is 24.5. The second kappa shape index (κ2) is 9.32. The summed E-state index contributed by atoms with van der Waals surface area (Å²) in [6, 6.07) is 0. The maximum atomic E-state index is 12.5. The smallest absolute Gasteiger partial charge is 0.313 e. The van der Waals surface area contributed by atoms with Crippen LogP contribution in [-0.4, -0.2) is 69.1 Å². The van der Waals surface area contributed by atoms with Crippen molar-refractivity contribution in [1.29, 1.82) is 0 Å². The fraction of sp³-hybridized carbons (Fsp3) is 0.556. The molecule has 3 rings (SSSR count). The Morgan fingerprint density at radius 2 is 1.88 bits per heavy atom. The number of nitrogens with one attached hydrogen (secondary N) is 1. The van der Waals surface area contributed by atoms with E-state index in [9.17, 15) is 24.3 Å². The Morgan fingerprint density at radius 1 is 1.22 bits per heavy atom. The lowest BCUT2D eigenvalue weighted by atomic mass is 10.1. The molecule has 4 N–H and O–H groups in total. The third kappa shape index (κ3) is 4.70. The molecule has 2 aromatic rings. The molecule has 0 radical (unpaired) electrons. The number of imidazole rings is 1. The highest BCUT2D eigenvalue weighted by Crippen LogP contribution is 2.32. The van der Waals surface area contributed by atoms with Crippen molar-refractivity contribution >= 4 is 35.0 Å². The number of nitrogens with two attached hydrogens (primary N) is 1. The van der Waals surface area contributed by atoms with Gasteiger partial charge in [-0.15, -0.1) is 0 Å². The van der Waals surface area contributed by atoms with Crippen LogP contribution in [0.1, 0.15) is 27.0 Å². The first kappa shape index (κ1) is 23.1. The Hall–Kier alpha value is -3.52. The first-order valence-corrected chi connectivity index (χ1v) is 9.66. The quantitative estimate of drug-likeness (QED) is 0.236. The molecule has 174 valence electrons. The maximum Gasteiger partial charge on any atom is 0.313 e. The molecule has 0 bridgehead atoms. The first-order valence-electron chi connectivity index (χ1n) is 9.66. The van der Waals surface area contributed by atoms with E-state index in [4.69, 9.17) is 24.7 Å². The van der Waals surface area contributed by atoms with E-state index < -0.39 is 48.0 Å². The Bertz CT molecular complexity index is 1090. The van der Waals surface area contributed by atoms with Crippen LogP contribution in [0.2, 0.25) is 0 Å². The third-order valence-electron chi connectivity index (χ3n) is 4.65. The van der Waals surface area contributed by atoms with Crippen LogP contribution < -0.4 is 15.9 Å². The van der Waals surface area contributed by atoms with Gasteiger partial charge in [0.25, 0.3) is 11.5 Å². The molecule has 14 heteroatoms. The molecule has 4 atom stereocenters. The van der Waals surface area contributed by atoms with Crippen LogP contribution in [0, 0.1) is 0 Å². The molecular formula is C18H24N5O9+. The predicted molar refractivity (Wildman–Crippen MR) is 104 cm³/mol. The average Bonchev–Trinajstić information content (AvgIpc) is 3.18. The summed E-state index contributed by atoms with van der Waals surface area (Å²) in [6.45, 7) is 3.02. The summed E-state index contributed by atoms with van der Waals surface area (Å²) in [7, 11) is 0. The number of rotatable bonds is 7. The number of esters is 3. The van der Waals surface area contributed by atoms with Crippen molar-refractivity contribution in [1.82, 2.24) is 14.5 Å². The molecule has 0 amide bonds. The number of aromatic amines is 1. The lowest BCUT2D eigenvalue weighted by molar-refractivity contribution is -0.745. The van der Waals surface area contributed by atoms with Crippen molar-refractivity contribution < 1.29 is 43.0 Å². The average molecular weight is 454 g/mol. The molecule has 3 heterocycles. The van der Waals surface area contributed by atoms with Gasteiger partial charge in [-0.3, -0.25) is 28.7 Å². The number of H-pyrrole nitrogens is 1. The second-order valence-corrected chi connectivity index (χ2v) is 7.08. The number of carbonyl (C=O) groups is 3. The van der Waals surface area contributed by atoms with Gasteiger partial charge in [0, 0.05) is 20.8 Å². The van der Waals surface area contributed by atoms with Gasteiger partial charge in [0.05, 0.1) is 13.2 Å². The van der Waals surface area contributed by atoms with Crippen molar-refractivity contribution in [3.8, 4) is 0 Å². The van der Waals surface area contributed by atoms with Crippen molar-refractivity contribution in [2.75, 3.05) is 18.9 Å². The van der Waals surface area contributed by atoms with Gasteiger partial charge in [-0.2, -0.15) is 0 Å². The molecule has 2 aromatic heterocycles. The highest BCUT2D eigenvalue weighted by Gasteiger charge is 2.53. The molecule has 1 saturated heterocycles. The van der Waals surface area contributed by atoms with Crippen molar-refractivity contribution in [2.24, 2.45) is 0 Å². The Kier molecular flexibility index (Phi) is 6.74. The number of hydrogen-bond donors (Lipinski definition) is 3. The van der Waals surface area contributed by atoms with Crippen molar-refractivity contribution in [3.63, 3.8) is 0 Å². The Balaban J connectivity index is 2.14. The van der Waals surface area contributed by atoms with Crippen LogP contribution in [-0.2, 0) is 39.9 Å². The number of aliphatic hydroxyl groups is 1. The van der Waals surface area contributed by atoms with Gasteiger partial charge in [0.15, 0.2) is 18.5 Å². The number of anilines is 1. The van der Waals surface area contributed by atoms with Gasteiger partial charge in [0.1, 0.15) is 12.7 Å². The minimum atomic E-state index is -1.17. The zero-order valence-electron chi connectivity index (χ0n) is 17.6. The number of nitrogen functional groups attached to an aromatic ring is 1. The fourth-order valence-electron chi connectivity index (χ4n) is 3.55. The van der Waals surface area contributed by atoms with Gasteiger partial charge in [0.2, 0.25) is 11.7 Å². The number of aromatic nitrogens is 4. The van der Waals surface area contributed by atoms with Gasteiger partial charge >= 0.3 is 23.6 Å². The van der Waals surface area contributed by atoms with Crippen LogP contribution >= 0.6 is 0 Å². The van der Waals surface area contributed by atoms with Crippen LogP contribution in [0.4, 0.5) is 5.95 Å². The van der Waals surface area contributed by atoms with Crippen LogP contribution in [0.3, 0.4) is 0 Å². The summed E-state index contributed by atoms with van der Waals surface area (Å²) in [6.07, 6.45) is -2.97. The highest BCUT2D eigenvalue weighted by atomic mass is 16.7. The van der Waals surface area contributed by atoms with E-state index in [0.29, 0.717) is 0 Å². The summed E-state index contributed by atoms with van der Waals surface area (Å²) in [5.41, 5.74) is 5.31. The minimum Gasteiger partial charge on any atom is -0.463 e. The summed E-state index contributed by atoms with van der Waals surface area (Å²) >= 11 is 0. The van der Waals surface area contributed by atoms with E-state index in [1.165, 1.54) is 36.2 Å². The minimum absolute atomic E-state index is 0.0490. The number of fused-ring (bicyclic) bond motifs is 1. The molecule has 0 saturated carbocycles. The molecule has 0 aliphatic carbocycles. The van der Waals surface area contributed by atoms with Gasteiger partial charge in [-0.05, 0) is 0 Å². The summed E-state index contributed by atoms with van der Waals surface area (Å²) in [4.78, 5) is 53.8. The molecule has 1 fully saturated rings. The van der Waals surface area contributed by atoms with Gasteiger partial charge in [-0.25, -0.2) is 4.57 Å². The molecule has 14 nitrogen and oxygen atoms in total. The number of carbonyl (C=O) groups excluding carboxylic acids is 3. The van der Waals surface area contributed by atoms with E-state index in [2.05, 4.69) is 9.97 Å². The fourth-order valence-corrected chi connectivity index (χ4v) is 3.55. The largest absolute Gasteiger partial charge is 0.463 e. The number of ether oxygens (including phenoxy) is 4. The van der Waals surface area contributed by atoms with Crippen LogP contribution in [0.25, 0.3) is 11.2 Å². The number of nitrogens with zero attached hydrogens (tertiary/aromatic N) is 3. The lowest BCUT2D eigenvalue weighted by Gasteiger charge is -2.22. The standard InChI is InChI=1S/C18H23N5O9/c1-8(25)29-6-11-13(30-9(2)26)14(31-10(3)27)17(32-11)23-7-22(4-5-24)12-15(23)20-18(19)21-16(12)28/h7,11,13-14,17,24H,4-6H2,1-3H3,(H2-,19,20,21,28)/p+1. The molecule has 1 aliphatic heterocycles. The molecule has 0 aromatic carbocycles. The van der Waals surface area contributed by atoms with Crippen molar-refractivity contribution in [3.05, 3.63) is 16.7 Å². The number of aliphatic hydroxyl groups excluding tert-OH is 1. The molecule has 0 spiro atoms. The van der Waals surface area contributed by atoms with Gasteiger partial charge < -0.3 is 29.8 Å².